The van der Waals surface area contributed by atoms with Gasteiger partial charge in [-0.15, -0.1) is 11.6 Å². The van der Waals surface area contributed by atoms with Crippen molar-refractivity contribution in [3.63, 3.8) is 0 Å². The maximum absolute atomic E-state index is 12.5. The molecular formula is C13H9ClN2OS. The van der Waals surface area contributed by atoms with Crippen molar-refractivity contribution in [3.05, 3.63) is 57.3 Å². The van der Waals surface area contributed by atoms with Crippen LogP contribution in [0.15, 0.2) is 45.9 Å². The molecule has 0 unspecified atom stereocenters. The first-order valence-corrected chi connectivity index (χ1v) is 6.88. The van der Waals surface area contributed by atoms with E-state index in [9.17, 15) is 4.79 Å². The van der Waals surface area contributed by atoms with Crippen LogP contribution in [-0.2, 0) is 5.88 Å². The van der Waals surface area contributed by atoms with E-state index in [1.807, 2.05) is 35.0 Å². The molecule has 1 aromatic carbocycles. The Hall–Kier alpha value is -1.65. The van der Waals surface area contributed by atoms with Crippen molar-refractivity contribution >= 4 is 33.8 Å². The van der Waals surface area contributed by atoms with Gasteiger partial charge in [0, 0.05) is 5.38 Å². The van der Waals surface area contributed by atoms with Gasteiger partial charge in [0.2, 0.25) is 0 Å². The van der Waals surface area contributed by atoms with E-state index in [0.717, 1.165) is 5.69 Å². The predicted octanol–water partition coefficient (Wildman–Crippen LogP) is 3.19. The third-order valence-electron chi connectivity index (χ3n) is 2.73. The maximum Gasteiger partial charge on any atom is 0.266 e. The molecule has 0 saturated carbocycles. The fraction of sp³-hybridized carbons (Fsp3) is 0.0769. The Labute approximate surface area is 112 Å². The van der Waals surface area contributed by atoms with Crippen molar-refractivity contribution in [2.75, 3.05) is 0 Å². The van der Waals surface area contributed by atoms with Crippen molar-refractivity contribution in [2.45, 2.75) is 5.88 Å². The van der Waals surface area contributed by atoms with Gasteiger partial charge in [-0.25, -0.2) is 4.98 Å². The van der Waals surface area contributed by atoms with Gasteiger partial charge in [0.1, 0.15) is 5.82 Å². The highest BCUT2D eigenvalue weighted by atomic mass is 35.5. The standard InChI is InChI=1S/C13H9ClN2OS/c14-7-12-15-11-4-2-1-3-10(11)13(17)16(12)9-5-6-18-8-9/h1-6,8H,7H2. The summed E-state index contributed by atoms with van der Waals surface area (Å²) in [7, 11) is 0. The van der Waals surface area contributed by atoms with E-state index in [-0.39, 0.29) is 11.4 Å². The van der Waals surface area contributed by atoms with Gasteiger partial charge in [0.25, 0.3) is 5.56 Å². The van der Waals surface area contributed by atoms with Crippen LogP contribution >= 0.6 is 22.9 Å². The molecule has 0 aliphatic rings. The molecule has 0 amide bonds. The number of benzene rings is 1. The highest BCUT2D eigenvalue weighted by molar-refractivity contribution is 7.08. The number of rotatable bonds is 2. The number of aromatic nitrogens is 2. The van der Waals surface area contributed by atoms with Gasteiger partial charge in [-0.3, -0.25) is 9.36 Å². The molecule has 0 radical (unpaired) electrons. The van der Waals surface area contributed by atoms with E-state index in [0.29, 0.717) is 16.7 Å². The first-order valence-electron chi connectivity index (χ1n) is 5.40. The zero-order valence-corrected chi connectivity index (χ0v) is 10.9. The van der Waals surface area contributed by atoms with Crippen LogP contribution in [-0.4, -0.2) is 9.55 Å². The Bertz CT molecular complexity index is 749. The lowest BCUT2D eigenvalue weighted by Crippen LogP contribution is -2.22. The van der Waals surface area contributed by atoms with Crippen molar-refractivity contribution in [3.8, 4) is 5.69 Å². The van der Waals surface area contributed by atoms with E-state index in [4.69, 9.17) is 11.6 Å². The molecule has 3 nitrogen and oxygen atoms in total. The molecule has 3 rings (SSSR count). The van der Waals surface area contributed by atoms with Crippen LogP contribution in [0.1, 0.15) is 5.82 Å². The monoisotopic (exact) mass is 276 g/mol. The zero-order chi connectivity index (χ0) is 12.5. The van der Waals surface area contributed by atoms with Crippen LogP contribution in [0.3, 0.4) is 0 Å². The lowest BCUT2D eigenvalue weighted by Gasteiger charge is -2.09. The van der Waals surface area contributed by atoms with E-state index in [2.05, 4.69) is 4.98 Å². The maximum atomic E-state index is 12.5. The fourth-order valence-electron chi connectivity index (χ4n) is 1.92. The molecule has 3 aromatic rings. The van der Waals surface area contributed by atoms with Gasteiger partial charge in [0.15, 0.2) is 0 Å². The van der Waals surface area contributed by atoms with Gasteiger partial charge in [-0.1, -0.05) is 12.1 Å². The Morgan fingerprint density at radius 3 is 2.83 bits per heavy atom. The van der Waals surface area contributed by atoms with Crippen molar-refractivity contribution in [2.24, 2.45) is 0 Å². The molecule has 18 heavy (non-hydrogen) atoms. The molecule has 2 heterocycles. The molecule has 0 aliphatic carbocycles. The van der Waals surface area contributed by atoms with Crippen molar-refractivity contribution in [1.82, 2.24) is 9.55 Å². The Balaban J connectivity index is 2.43. The van der Waals surface area contributed by atoms with Gasteiger partial charge in [0.05, 0.1) is 22.5 Å². The minimum atomic E-state index is -0.0744. The van der Waals surface area contributed by atoms with Gasteiger partial charge in [-0.05, 0) is 23.6 Å². The summed E-state index contributed by atoms with van der Waals surface area (Å²) in [4.78, 5) is 16.9. The number of nitrogens with zero attached hydrogens (tertiary/aromatic N) is 2. The largest absolute Gasteiger partial charge is 0.268 e. The zero-order valence-electron chi connectivity index (χ0n) is 9.34. The highest BCUT2D eigenvalue weighted by Gasteiger charge is 2.11. The molecule has 0 fully saturated rings. The lowest BCUT2D eigenvalue weighted by atomic mass is 10.2. The third-order valence-corrected chi connectivity index (χ3v) is 3.64. The second kappa shape index (κ2) is 4.55. The fourth-order valence-corrected chi connectivity index (χ4v) is 2.72. The number of thiophene rings is 1. The minimum Gasteiger partial charge on any atom is -0.268 e. The summed E-state index contributed by atoms with van der Waals surface area (Å²) < 4.78 is 1.58. The number of hydrogen-bond donors (Lipinski definition) is 0. The Morgan fingerprint density at radius 2 is 2.11 bits per heavy atom. The number of hydrogen-bond acceptors (Lipinski definition) is 3. The van der Waals surface area contributed by atoms with Crippen LogP contribution in [0.4, 0.5) is 0 Å². The van der Waals surface area contributed by atoms with Crippen molar-refractivity contribution < 1.29 is 0 Å². The molecule has 0 bridgehead atoms. The van der Waals surface area contributed by atoms with E-state index < -0.39 is 0 Å². The van der Waals surface area contributed by atoms with E-state index in [1.54, 1.807) is 10.6 Å². The molecule has 0 atom stereocenters. The summed E-state index contributed by atoms with van der Waals surface area (Å²) in [5, 5.41) is 4.45. The average Bonchev–Trinajstić information content (AvgIpc) is 2.92. The van der Waals surface area contributed by atoms with Crippen molar-refractivity contribution in [1.29, 1.82) is 0 Å². The SMILES string of the molecule is O=c1c2ccccc2nc(CCl)n1-c1ccsc1. The minimum absolute atomic E-state index is 0.0744. The lowest BCUT2D eigenvalue weighted by molar-refractivity contribution is 0.885. The molecule has 5 heteroatoms. The summed E-state index contributed by atoms with van der Waals surface area (Å²) >= 11 is 7.44. The number of para-hydroxylation sites is 1. The molecule has 0 spiro atoms. The second-order valence-corrected chi connectivity index (χ2v) is 4.85. The summed E-state index contributed by atoms with van der Waals surface area (Å²) in [5.41, 5.74) is 1.43. The predicted molar refractivity (Wildman–Crippen MR) is 74.8 cm³/mol. The van der Waals surface area contributed by atoms with E-state index >= 15 is 0 Å². The number of fused-ring (bicyclic) bond motifs is 1. The molecular weight excluding hydrogens is 268 g/mol. The topological polar surface area (TPSA) is 34.9 Å². The summed E-state index contributed by atoms with van der Waals surface area (Å²) in [6.45, 7) is 0. The van der Waals surface area contributed by atoms with Crippen LogP contribution < -0.4 is 5.56 Å². The first-order chi connectivity index (χ1) is 8.81. The number of alkyl halides is 1. The van der Waals surface area contributed by atoms with Gasteiger partial charge in [-0.2, -0.15) is 11.3 Å². The summed E-state index contributed by atoms with van der Waals surface area (Å²) in [6.07, 6.45) is 0. The van der Waals surface area contributed by atoms with Crippen LogP contribution in [0, 0.1) is 0 Å². The third kappa shape index (κ3) is 1.74. The second-order valence-electron chi connectivity index (χ2n) is 3.80. The van der Waals surface area contributed by atoms with Crippen LogP contribution in [0.25, 0.3) is 16.6 Å². The van der Waals surface area contributed by atoms with Gasteiger partial charge >= 0.3 is 0 Å². The quantitative estimate of drug-likeness (QED) is 0.674. The molecule has 0 saturated heterocycles. The Kier molecular flexibility index (Phi) is 2.89. The highest BCUT2D eigenvalue weighted by Crippen LogP contribution is 2.16. The van der Waals surface area contributed by atoms with Crippen LogP contribution in [0.5, 0.6) is 0 Å². The van der Waals surface area contributed by atoms with Crippen LogP contribution in [0.2, 0.25) is 0 Å². The molecule has 0 N–H and O–H groups in total. The van der Waals surface area contributed by atoms with Gasteiger partial charge < -0.3 is 0 Å². The first kappa shape index (κ1) is 11.4. The summed E-state index contributed by atoms with van der Waals surface area (Å²) in [6, 6.07) is 9.19. The molecule has 2 aromatic heterocycles. The Morgan fingerprint density at radius 1 is 1.28 bits per heavy atom. The molecule has 0 aliphatic heterocycles. The smallest absolute Gasteiger partial charge is 0.266 e. The normalized spacial score (nSPS) is 10.9. The molecule has 90 valence electrons. The van der Waals surface area contributed by atoms with E-state index in [1.165, 1.54) is 11.3 Å². The number of halogens is 1. The average molecular weight is 277 g/mol. The summed E-state index contributed by atoms with van der Waals surface area (Å²) in [5.74, 6) is 0.773.